The number of hydrogen-bond donors (Lipinski definition) is 1. The molecule has 12 heteroatoms. The zero-order chi connectivity index (χ0) is 25.5. The molecule has 0 aliphatic rings. The molecule has 0 aliphatic heterocycles. The maximum Gasteiger partial charge on any atom is 0.341 e. The molecule has 0 saturated carbocycles. The molecule has 2 heterocycles. The molecular weight excluding hydrogens is 531 g/mol. The Kier molecular flexibility index (Phi) is 9.62. The minimum absolute atomic E-state index is 0.0622. The largest absolute Gasteiger partial charge is 0.481 e. The number of amides is 1. The molecule has 0 radical (unpaired) electrons. The zero-order valence-electron chi connectivity index (χ0n) is 19.3. The number of esters is 1. The van der Waals surface area contributed by atoms with Gasteiger partial charge in [0, 0.05) is 16.4 Å². The van der Waals surface area contributed by atoms with Gasteiger partial charge in [-0.2, -0.15) is 0 Å². The summed E-state index contributed by atoms with van der Waals surface area (Å²) in [4.78, 5) is 25.7. The first-order valence-electron chi connectivity index (χ1n) is 10.6. The molecule has 0 spiro atoms. The monoisotopic (exact) mass is 554 g/mol. The van der Waals surface area contributed by atoms with E-state index < -0.39 is 12.1 Å². The third-order valence-electron chi connectivity index (χ3n) is 4.55. The fraction of sp³-hybridized carbons (Fsp3) is 0.304. The summed E-state index contributed by atoms with van der Waals surface area (Å²) in [6.07, 6.45) is 1.23. The van der Waals surface area contributed by atoms with Gasteiger partial charge in [0.15, 0.2) is 17.1 Å². The topological polar surface area (TPSA) is 95.3 Å². The number of rotatable bonds is 11. The van der Waals surface area contributed by atoms with Crippen LogP contribution in [0.3, 0.4) is 0 Å². The van der Waals surface area contributed by atoms with Crippen LogP contribution in [0, 0.1) is 6.92 Å². The van der Waals surface area contributed by atoms with Crippen molar-refractivity contribution in [2.75, 3.05) is 17.7 Å². The van der Waals surface area contributed by atoms with E-state index >= 15 is 0 Å². The first kappa shape index (κ1) is 27.1. The van der Waals surface area contributed by atoms with Gasteiger partial charge >= 0.3 is 5.97 Å². The SMILES string of the molecule is C=CCn1c(SCC(=O)Nc2sc(C)cc2C(=O)OCC)nnc1C(C)Oc1ccc(Cl)cc1Cl. The fourth-order valence-corrected chi connectivity index (χ4v) is 5.21. The summed E-state index contributed by atoms with van der Waals surface area (Å²) in [5.74, 6) is 0.331. The molecule has 1 unspecified atom stereocenters. The third-order valence-corrected chi connectivity index (χ3v) is 7.02. The highest BCUT2D eigenvalue weighted by Gasteiger charge is 2.22. The summed E-state index contributed by atoms with van der Waals surface area (Å²) >= 11 is 14.7. The summed E-state index contributed by atoms with van der Waals surface area (Å²) in [6.45, 7) is 9.89. The van der Waals surface area contributed by atoms with Crippen LogP contribution in [0.15, 0.2) is 42.1 Å². The van der Waals surface area contributed by atoms with Gasteiger partial charge in [0.2, 0.25) is 5.91 Å². The first-order chi connectivity index (χ1) is 16.7. The van der Waals surface area contributed by atoms with E-state index in [0.29, 0.717) is 43.9 Å². The standard InChI is InChI=1S/C23H24Cl2N4O4S2/c1-5-9-29-20(14(4)33-18-8-7-15(24)11-17(18)25)27-28-23(29)34-12-19(30)26-21-16(10-13(3)35-21)22(31)32-6-2/h5,7-8,10-11,14H,1,6,9,12H2,2-4H3,(H,26,30). The van der Waals surface area contributed by atoms with Crippen molar-refractivity contribution in [2.24, 2.45) is 0 Å². The molecular formula is C23H24Cl2N4O4S2. The Morgan fingerprint density at radius 1 is 1.31 bits per heavy atom. The van der Waals surface area contributed by atoms with E-state index in [1.54, 1.807) is 37.3 Å². The molecule has 1 atom stereocenters. The lowest BCUT2D eigenvalue weighted by Gasteiger charge is -2.16. The third kappa shape index (κ3) is 7.00. The normalized spacial score (nSPS) is 11.7. The van der Waals surface area contributed by atoms with E-state index in [0.717, 1.165) is 4.88 Å². The first-order valence-corrected chi connectivity index (χ1v) is 13.1. The van der Waals surface area contributed by atoms with Crippen molar-refractivity contribution in [1.29, 1.82) is 0 Å². The van der Waals surface area contributed by atoms with Crippen LogP contribution in [0.4, 0.5) is 5.00 Å². The Labute approximate surface area is 221 Å². The number of thioether (sulfide) groups is 1. The van der Waals surface area contributed by atoms with Gasteiger partial charge in [-0.1, -0.05) is 41.0 Å². The van der Waals surface area contributed by atoms with Crippen LogP contribution in [-0.2, 0) is 16.1 Å². The zero-order valence-corrected chi connectivity index (χ0v) is 22.5. The van der Waals surface area contributed by atoms with Crippen LogP contribution in [-0.4, -0.2) is 39.0 Å². The van der Waals surface area contributed by atoms with Crippen molar-refractivity contribution < 1.29 is 19.1 Å². The van der Waals surface area contributed by atoms with Crippen molar-refractivity contribution >= 4 is 63.2 Å². The molecule has 8 nitrogen and oxygen atoms in total. The number of aromatic nitrogens is 3. The van der Waals surface area contributed by atoms with Gasteiger partial charge in [-0.15, -0.1) is 28.1 Å². The van der Waals surface area contributed by atoms with Crippen molar-refractivity contribution in [2.45, 2.75) is 38.6 Å². The van der Waals surface area contributed by atoms with Crippen molar-refractivity contribution in [1.82, 2.24) is 14.8 Å². The molecule has 1 N–H and O–H groups in total. The van der Waals surface area contributed by atoms with E-state index in [-0.39, 0.29) is 18.3 Å². The number of allylic oxidation sites excluding steroid dienone is 1. The molecule has 1 amide bonds. The van der Waals surface area contributed by atoms with Crippen LogP contribution in [0.2, 0.25) is 10.0 Å². The van der Waals surface area contributed by atoms with Gasteiger partial charge in [-0.3, -0.25) is 9.36 Å². The Morgan fingerprint density at radius 2 is 2.09 bits per heavy atom. The lowest BCUT2D eigenvalue weighted by Crippen LogP contribution is -2.17. The molecule has 3 aromatic rings. The quantitative estimate of drug-likeness (QED) is 0.171. The number of carbonyl (C=O) groups excluding carboxylic acids is 2. The molecule has 3 rings (SSSR count). The number of carbonyl (C=O) groups is 2. The number of nitrogens with one attached hydrogen (secondary N) is 1. The van der Waals surface area contributed by atoms with Crippen LogP contribution >= 0.6 is 46.3 Å². The molecule has 0 fully saturated rings. The minimum atomic E-state index is -0.481. The number of aryl methyl sites for hydroxylation is 1. The van der Waals surface area contributed by atoms with Crippen LogP contribution in [0.25, 0.3) is 0 Å². The molecule has 35 heavy (non-hydrogen) atoms. The van der Waals surface area contributed by atoms with Crippen LogP contribution in [0.1, 0.15) is 41.0 Å². The lowest BCUT2D eigenvalue weighted by atomic mass is 10.3. The maximum atomic E-state index is 12.6. The summed E-state index contributed by atoms with van der Waals surface area (Å²) in [6, 6.07) is 6.67. The van der Waals surface area contributed by atoms with E-state index in [9.17, 15) is 9.59 Å². The highest BCUT2D eigenvalue weighted by atomic mass is 35.5. The van der Waals surface area contributed by atoms with E-state index in [1.165, 1.54) is 23.1 Å². The Morgan fingerprint density at radius 3 is 2.77 bits per heavy atom. The van der Waals surface area contributed by atoms with Crippen molar-refractivity contribution in [3.8, 4) is 5.75 Å². The second kappa shape index (κ2) is 12.4. The summed E-state index contributed by atoms with van der Waals surface area (Å²) < 4.78 is 12.9. The van der Waals surface area contributed by atoms with Gasteiger partial charge in [0.25, 0.3) is 0 Å². The summed E-state index contributed by atoms with van der Waals surface area (Å²) in [5.41, 5.74) is 0.344. The number of benzene rings is 1. The van der Waals surface area contributed by atoms with Crippen LogP contribution < -0.4 is 10.1 Å². The highest BCUT2D eigenvalue weighted by Crippen LogP contribution is 2.32. The Bertz CT molecular complexity index is 1230. The molecule has 1 aromatic carbocycles. The second-order valence-corrected chi connectivity index (χ2v) is 10.3. The fourth-order valence-electron chi connectivity index (χ4n) is 3.08. The van der Waals surface area contributed by atoms with Crippen molar-refractivity contribution in [3.05, 3.63) is 63.2 Å². The highest BCUT2D eigenvalue weighted by molar-refractivity contribution is 7.99. The average Bonchev–Trinajstić information content (AvgIpc) is 3.37. The molecule has 2 aromatic heterocycles. The maximum absolute atomic E-state index is 12.6. The number of thiophene rings is 1. The van der Waals surface area contributed by atoms with Crippen LogP contribution in [0.5, 0.6) is 5.75 Å². The number of nitrogens with zero attached hydrogens (tertiary/aromatic N) is 3. The van der Waals surface area contributed by atoms with Gasteiger partial charge in [0.1, 0.15) is 10.8 Å². The van der Waals surface area contributed by atoms with Gasteiger partial charge in [-0.25, -0.2) is 4.79 Å². The Hall–Kier alpha value is -2.53. The van der Waals surface area contributed by atoms with E-state index in [2.05, 4.69) is 22.1 Å². The lowest BCUT2D eigenvalue weighted by molar-refractivity contribution is -0.113. The van der Waals surface area contributed by atoms with Crippen molar-refractivity contribution in [3.63, 3.8) is 0 Å². The summed E-state index contributed by atoms with van der Waals surface area (Å²) in [5, 5.41) is 13.2. The number of anilines is 1. The van der Waals surface area contributed by atoms with Gasteiger partial charge in [0.05, 0.1) is 22.9 Å². The molecule has 0 aliphatic carbocycles. The van der Waals surface area contributed by atoms with Gasteiger partial charge in [-0.05, 0) is 45.0 Å². The summed E-state index contributed by atoms with van der Waals surface area (Å²) in [7, 11) is 0. The molecule has 186 valence electrons. The number of hydrogen-bond acceptors (Lipinski definition) is 8. The molecule has 0 saturated heterocycles. The predicted molar refractivity (Wildman–Crippen MR) is 140 cm³/mol. The van der Waals surface area contributed by atoms with E-state index in [4.69, 9.17) is 32.7 Å². The van der Waals surface area contributed by atoms with E-state index in [1.807, 2.05) is 18.4 Å². The smallest absolute Gasteiger partial charge is 0.341 e. The number of halogens is 2. The predicted octanol–water partition coefficient (Wildman–Crippen LogP) is 6.19. The second-order valence-electron chi connectivity index (χ2n) is 7.23. The Balaban J connectivity index is 1.69. The number of ether oxygens (including phenoxy) is 2. The van der Waals surface area contributed by atoms with Gasteiger partial charge < -0.3 is 14.8 Å². The minimum Gasteiger partial charge on any atom is -0.481 e. The average molecular weight is 556 g/mol. The molecule has 0 bridgehead atoms.